The summed E-state index contributed by atoms with van der Waals surface area (Å²) in [5.41, 5.74) is 3.28. The largest absolute Gasteiger partial charge is 0.507 e. The first-order chi connectivity index (χ1) is 17.2. The van der Waals surface area contributed by atoms with Crippen molar-refractivity contribution in [3.8, 4) is 45.3 Å². The topological polar surface area (TPSA) is 49.7 Å². The minimum absolute atomic E-state index is 0.191. The quantitative estimate of drug-likeness (QED) is 0.281. The van der Waals surface area contributed by atoms with Crippen LogP contribution in [0.15, 0.2) is 121 Å². The van der Waals surface area contributed by atoms with Gasteiger partial charge in [0.1, 0.15) is 23.0 Å². The Balaban J connectivity index is 1.40. The Bertz CT molecular complexity index is 1560. The van der Waals surface area contributed by atoms with Crippen molar-refractivity contribution in [3.63, 3.8) is 0 Å². The number of hydrogen-bond donors (Lipinski definition) is 2. The van der Waals surface area contributed by atoms with Crippen LogP contribution in [0.3, 0.4) is 0 Å². The van der Waals surface area contributed by atoms with E-state index in [-0.39, 0.29) is 11.5 Å². The predicted molar refractivity (Wildman–Crippen MR) is 142 cm³/mol. The molecule has 0 aliphatic heterocycles. The molecule has 2 N–H and O–H groups in total. The van der Waals surface area contributed by atoms with E-state index in [9.17, 15) is 10.2 Å². The van der Waals surface area contributed by atoms with Crippen LogP contribution in [0.25, 0.3) is 43.8 Å². The summed E-state index contributed by atoms with van der Waals surface area (Å²) in [7, 11) is 0. The Morgan fingerprint density at radius 2 is 0.829 bits per heavy atom. The maximum Gasteiger partial charge on any atom is 0.128 e. The number of hydrogen-bond acceptors (Lipinski definition) is 3. The molecule has 0 radical (unpaired) electrons. The number of ether oxygens (including phenoxy) is 1. The minimum Gasteiger partial charge on any atom is -0.507 e. The molecule has 3 heteroatoms. The molecule has 35 heavy (non-hydrogen) atoms. The Labute approximate surface area is 203 Å². The van der Waals surface area contributed by atoms with E-state index in [0.29, 0.717) is 22.6 Å². The van der Waals surface area contributed by atoms with Crippen molar-refractivity contribution in [1.29, 1.82) is 0 Å². The number of benzene rings is 6. The highest BCUT2D eigenvalue weighted by Crippen LogP contribution is 2.40. The van der Waals surface area contributed by atoms with Crippen LogP contribution in [0, 0.1) is 0 Å². The molecule has 0 unspecified atom stereocenters. The summed E-state index contributed by atoms with van der Waals surface area (Å²) < 4.78 is 6.21. The smallest absolute Gasteiger partial charge is 0.128 e. The summed E-state index contributed by atoms with van der Waals surface area (Å²) >= 11 is 0. The molecule has 6 aromatic rings. The molecule has 0 fully saturated rings. The van der Waals surface area contributed by atoms with Gasteiger partial charge in [0.2, 0.25) is 0 Å². The zero-order chi connectivity index (χ0) is 23.8. The van der Waals surface area contributed by atoms with Gasteiger partial charge in [0.05, 0.1) is 0 Å². The number of phenolic OH excluding ortho intramolecular Hbond substituents is 2. The van der Waals surface area contributed by atoms with Gasteiger partial charge in [0.15, 0.2) is 0 Å². The molecule has 6 rings (SSSR count). The molecule has 0 spiro atoms. The lowest BCUT2D eigenvalue weighted by atomic mass is 9.97. The summed E-state index contributed by atoms with van der Waals surface area (Å²) in [4.78, 5) is 0. The first-order valence-corrected chi connectivity index (χ1v) is 11.5. The SMILES string of the molecule is Oc1ccc(Oc2ccc(O)c(-c3cccc4ccccc34)c2)cc1-c1cccc2ccccc12. The first-order valence-electron chi connectivity index (χ1n) is 11.5. The lowest BCUT2D eigenvalue weighted by Crippen LogP contribution is -1.89. The summed E-state index contributed by atoms with van der Waals surface area (Å²) in [5.74, 6) is 1.58. The van der Waals surface area contributed by atoms with E-state index in [4.69, 9.17) is 4.74 Å². The van der Waals surface area contributed by atoms with Gasteiger partial charge in [-0.1, -0.05) is 84.9 Å². The third-order valence-corrected chi connectivity index (χ3v) is 6.33. The zero-order valence-electron chi connectivity index (χ0n) is 18.8. The monoisotopic (exact) mass is 454 g/mol. The van der Waals surface area contributed by atoms with Gasteiger partial charge in [-0.2, -0.15) is 0 Å². The Hall–Kier alpha value is -4.76. The predicted octanol–water partition coefficient (Wildman–Crippen LogP) is 8.53. The van der Waals surface area contributed by atoms with Crippen LogP contribution in [0.5, 0.6) is 23.0 Å². The van der Waals surface area contributed by atoms with Crippen LogP contribution >= 0.6 is 0 Å². The van der Waals surface area contributed by atoms with Crippen molar-refractivity contribution in [3.05, 3.63) is 121 Å². The lowest BCUT2D eigenvalue weighted by Gasteiger charge is -2.14. The number of phenols is 2. The average Bonchev–Trinajstić information content (AvgIpc) is 2.90. The molecule has 3 nitrogen and oxygen atoms in total. The third-order valence-electron chi connectivity index (χ3n) is 6.33. The molecule has 168 valence electrons. The van der Waals surface area contributed by atoms with E-state index in [1.807, 2.05) is 72.8 Å². The van der Waals surface area contributed by atoms with Gasteiger partial charge >= 0.3 is 0 Å². The van der Waals surface area contributed by atoms with Gasteiger partial charge in [0.25, 0.3) is 0 Å². The average molecular weight is 455 g/mol. The molecule has 0 saturated carbocycles. The highest BCUT2D eigenvalue weighted by atomic mass is 16.5. The minimum atomic E-state index is 0.191. The second-order valence-corrected chi connectivity index (χ2v) is 8.51. The molecule has 6 aromatic carbocycles. The van der Waals surface area contributed by atoms with Crippen LogP contribution < -0.4 is 4.74 Å². The fourth-order valence-corrected chi connectivity index (χ4v) is 4.65. The number of fused-ring (bicyclic) bond motifs is 2. The van der Waals surface area contributed by atoms with E-state index < -0.39 is 0 Å². The molecule has 0 aliphatic rings. The number of rotatable bonds is 4. The van der Waals surface area contributed by atoms with Gasteiger partial charge in [-0.25, -0.2) is 0 Å². The highest BCUT2D eigenvalue weighted by molar-refractivity contribution is 5.99. The van der Waals surface area contributed by atoms with Gasteiger partial charge in [-0.3, -0.25) is 0 Å². The summed E-state index contributed by atoms with van der Waals surface area (Å²) in [6.07, 6.45) is 0. The normalized spacial score (nSPS) is 11.1. The van der Waals surface area contributed by atoms with Gasteiger partial charge < -0.3 is 14.9 Å². The van der Waals surface area contributed by atoms with E-state index in [1.54, 1.807) is 24.3 Å². The third kappa shape index (κ3) is 3.83. The van der Waals surface area contributed by atoms with Gasteiger partial charge in [-0.05, 0) is 69.1 Å². The molecular weight excluding hydrogens is 432 g/mol. The maximum absolute atomic E-state index is 10.7. The lowest BCUT2D eigenvalue weighted by molar-refractivity contribution is 0.461. The highest BCUT2D eigenvalue weighted by Gasteiger charge is 2.13. The second kappa shape index (κ2) is 8.54. The van der Waals surface area contributed by atoms with Crippen molar-refractivity contribution >= 4 is 21.5 Å². The molecule has 0 atom stereocenters. The van der Waals surface area contributed by atoms with Crippen LogP contribution in [-0.2, 0) is 0 Å². The van der Waals surface area contributed by atoms with Crippen LogP contribution in [0.2, 0.25) is 0 Å². The van der Waals surface area contributed by atoms with Gasteiger partial charge in [0, 0.05) is 11.1 Å². The van der Waals surface area contributed by atoms with Gasteiger partial charge in [-0.15, -0.1) is 0 Å². The molecule has 0 aromatic heterocycles. The van der Waals surface area contributed by atoms with Crippen molar-refractivity contribution < 1.29 is 14.9 Å². The van der Waals surface area contributed by atoms with Crippen LogP contribution in [0.1, 0.15) is 0 Å². The Morgan fingerprint density at radius 3 is 1.31 bits per heavy atom. The van der Waals surface area contributed by atoms with E-state index >= 15 is 0 Å². The van der Waals surface area contributed by atoms with E-state index in [1.165, 1.54) is 0 Å². The van der Waals surface area contributed by atoms with Crippen molar-refractivity contribution in [2.24, 2.45) is 0 Å². The Morgan fingerprint density at radius 1 is 0.400 bits per heavy atom. The fourth-order valence-electron chi connectivity index (χ4n) is 4.65. The Kier molecular flexibility index (Phi) is 5.08. The van der Waals surface area contributed by atoms with E-state index in [2.05, 4.69) is 24.3 Å². The summed E-state index contributed by atoms with van der Waals surface area (Å²) in [6.45, 7) is 0. The van der Waals surface area contributed by atoms with E-state index in [0.717, 1.165) is 32.7 Å². The van der Waals surface area contributed by atoms with Crippen molar-refractivity contribution in [2.75, 3.05) is 0 Å². The van der Waals surface area contributed by atoms with Crippen LogP contribution in [-0.4, -0.2) is 10.2 Å². The second-order valence-electron chi connectivity index (χ2n) is 8.51. The first kappa shape index (κ1) is 20.8. The molecule has 0 heterocycles. The van der Waals surface area contributed by atoms with Crippen molar-refractivity contribution in [1.82, 2.24) is 0 Å². The maximum atomic E-state index is 10.7. The summed E-state index contributed by atoms with van der Waals surface area (Å²) in [5, 5.41) is 25.6. The molecule has 0 bridgehead atoms. The van der Waals surface area contributed by atoms with Crippen molar-refractivity contribution in [2.45, 2.75) is 0 Å². The van der Waals surface area contributed by atoms with Crippen LogP contribution in [0.4, 0.5) is 0 Å². The number of aromatic hydroxyl groups is 2. The standard InChI is InChI=1S/C32H22O3/c33-31-17-15-23(19-29(31)27-13-5-9-21-7-1-3-11-25(21)27)35-24-16-18-32(34)30(20-24)28-14-6-10-22-8-2-4-12-26(22)28/h1-20,33-34H. The summed E-state index contributed by atoms with van der Waals surface area (Å²) in [6, 6.07) is 38.8. The zero-order valence-corrected chi connectivity index (χ0v) is 18.8. The molecular formula is C32H22O3. The molecule has 0 saturated heterocycles. The molecule has 0 amide bonds. The molecule has 0 aliphatic carbocycles. The fraction of sp³-hybridized carbons (Fsp3) is 0.